The van der Waals surface area contributed by atoms with Crippen LogP contribution in [0.1, 0.15) is 49.7 Å². The highest BCUT2D eigenvalue weighted by Crippen LogP contribution is 2.23. The van der Waals surface area contributed by atoms with E-state index >= 15 is 0 Å². The predicted molar refractivity (Wildman–Crippen MR) is 94.8 cm³/mol. The van der Waals surface area contributed by atoms with Gasteiger partial charge in [0.25, 0.3) is 0 Å². The summed E-state index contributed by atoms with van der Waals surface area (Å²) in [5.74, 6) is 1.21. The predicted octanol–water partition coefficient (Wildman–Crippen LogP) is 2.64. The van der Waals surface area contributed by atoms with Gasteiger partial charge in [0, 0.05) is 13.1 Å². The lowest BCUT2D eigenvalue weighted by Crippen LogP contribution is -2.48. The highest BCUT2D eigenvalue weighted by Gasteiger charge is 2.30. The minimum atomic E-state index is -0.270. The molecule has 0 bridgehead atoms. The van der Waals surface area contributed by atoms with Gasteiger partial charge in [-0.15, -0.1) is 0 Å². The number of nitrogens with zero attached hydrogens (tertiary/aromatic N) is 3. The number of aromatic nitrogens is 2. The van der Waals surface area contributed by atoms with Crippen molar-refractivity contribution >= 4 is 5.91 Å². The Labute approximate surface area is 148 Å². The summed E-state index contributed by atoms with van der Waals surface area (Å²) >= 11 is 0. The normalized spacial score (nSPS) is 17.2. The molecule has 1 aliphatic heterocycles. The first-order chi connectivity index (χ1) is 12.0. The van der Waals surface area contributed by atoms with Gasteiger partial charge in [0.15, 0.2) is 5.82 Å². The molecule has 0 radical (unpaired) electrons. The summed E-state index contributed by atoms with van der Waals surface area (Å²) in [6.45, 7) is 9.49. The van der Waals surface area contributed by atoms with Crippen molar-refractivity contribution in [1.29, 1.82) is 0 Å². The molecule has 3 rings (SSSR count). The van der Waals surface area contributed by atoms with Crippen molar-refractivity contribution in [2.75, 3.05) is 6.54 Å². The van der Waals surface area contributed by atoms with Gasteiger partial charge in [0.05, 0.1) is 6.04 Å². The van der Waals surface area contributed by atoms with Gasteiger partial charge in [-0.05, 0) is 37.3 Å². The smallest absolute Gasteiger partial charge is 0.249 e. The second-order valence-electron chi connectivity index (χ2n) is 7.08. The Morgan fingerprint density at radius 3 is 2.60 bits per heavy atom. The minimum Gasteiger partial charge on any atom is -0.343 e. The zero-order chi connectivity index (χ0) is 18.0. The Morgan fingerprint density at radius 1 is 1.24 bits per heavy atom. The van der Waals surface area contributed by atoms with E-state index in [9.17, 15) is 4.79 Å². The van der Waals surface area contributed by atoms with Crippen LogP contribution in [-0.2, 0) is 17.8 Å². The van der Waals surface area contributed by atoms with Gasteiger partial charge in [0.1, 0.15) is 6.04 Å². The third-order valence-electron chi connectivity index (χ3n) is 4.86. The second-order valence-corrected chi connectivity index (χ2v) is 7.08. The number of carbonyl (C=O) groups is 1. The first kappa shape index (κ1) is 17.6. The van der Waals surface area contributed by atoms with Crippen molar-refractivity contribution in [2.24, 2.45) is 5.92 Å². The Bertz CT molecular complexity index is 741. The number of rotatable bonds is 5. The van der Waals surface area contributed by atoms with E-state index < -0.39 is 0 Å². The van der Waals surface area contributed by atoms with Gasteiger partial charge in [-0.3, -0.25) is 9.69 Å². The quantitative estimate of drug-likeness (QED) is 0.904. The molecule has 0 aliphatic carbocycles. The average Bonchev–Trinajstić information content (AvgIpc) is 3.04. The van der Waals surface area contributed by atoms with Crippen molar-refractivity contribution in [3.8, 4) is 0 Å². The van der Waals surface area contributed by atoms with Crippen LogP contribution >= 0.6 is 0 Å². The van der Waals surface area contributed by atoms with Crippen molar-refractivity contribution < 1.29 is 9.32 Å². The number of aryl methyl sites for hydroxylation is 1. The number of benzene rings is 1. The van der Waals surface area contributed by atoms with E-state index in [4.69, 9.17) is 4.52 Å². The highest BCUT2D eigenvalue weighted by molar-refractivity contribution is 5.81. The summed E-state index contributed by atoms with van der Waals surface area (Å²) in [4.78, 5) is 19.3. The maximum atomic E-state index is 12.8. The molecule has 0 spiro atoms. The van der Waals surface area contributed by atoms with Gasteiger partial charge in [-0.1, -0.05) is 43.3 Å². The molecule has 6 heteroatoms. The molecule has 0 saturated heterocycles. The topological polar surface area (TPSA) is 71.3 Å². The number of amides is 1. The molecular formula is C19H26N4O2. The van der Waals surface area contributed by atoms with Crippen LogP contribution in [0, 0.1) is 12.8 Å². The van der Waals surface area contributed by atoms with Crippen LogP contribution < -0.4 is 5.32 Å². The molecule has 1 amide bonds. The molecule has 134 valence electrons. The molecular weight excluding hydrogens is 316 g/mol. The van der Waals surface area contributed by atoms with E-state index in [1.54, 1.807) is 6.92 Å². The molecule has 0 unspecified atom stereocenters. The first-order valence-electron chi connectivity index (χ1n) is 8.87. The fraction of sp³-hybridized carbons (Fsp3) is 0.526. The molecule has 1 N–H and O–H groups in total. The van der Waals surface area contributed by atoms with Gasteiger partial charge in [-0.2, -0.15) is 4.98 Å². The summed E-state index contributed by atoms with van der Waals surface area (Å²) in [7, 11) is 0. The fourth-order valence-electron chi connectivity index (χ4n) is 3.24. The minimum absolute atomic E-state index is 0.00562. The number of fused-ring (bicyclic) bond motifs is 1. The SMILES string of the molecule is Cc1noc([C@H](NC(=O)[C@H](C)N2CCc3ccccc3C2)C(C)C)n1. The number of hydrogen-bond acceptors (Lipinski definition) is 5. The summed E-state index contributed by atoms with van der Waals surface area (Å²) in [6.07, 6.45) is 0.976. The third-order valence-corrected chi connectivity index (χ3v) is 4.86. The Balaban J connectivity index is 1.68. The van der Waals surface area contributed by atoms with Crippen molar-refractivity contribution in [2.45, 2.75) is 52.7 Å². The van der Waals surface area contributed by atoms with E-state index in [1.807, 2.05) is 20.8 Å². The van der Waals surface area contributed by atoms with Gasteiger partial charge in [-0.25, -0.2) is 0 Å². The maximum Gasteiger partial charge on any atom is 0.249 e. The zero-order valence-corrected chi connectivity index (χ0v) is 15.3. The standard InChI is InChI=1S/C19H26N4O2/c1-12(2)17(19-20-14(4)22-25-19)21-18(24)13(3)23-10-9-15-7-5-6-8-16(15)11-23/h5-8,12-13,17H,9-11H2,1-4H3,(H,21,24)/t13-,17+/m0/s1. The largest absolute Gasteiger partial charge is 0.343 e. The van der Waals surface area contributed by atoms with Crippen LogP contribution in [0.25, 0.3) is 0 Å². The first-order valence-corrected chi connectivity index (χ1v) is 8.87. The molecule has 0 saturated carbocycles. The molecule has 1 aromatic carbocycles. The Hall–Kier alpha value is -2.21. The van der Waals surface area contributed by atoms with Crippen molar-refractivity contribution in [3.63, 3.8) is 0 Å². The highest BCUT2D eigenvalue weighted by atomic mass is 16.5. The zero-order valence-electron chi connectivity index (χ0n) is 15.3. The van der Waals surface area contributed by atoms with Crippen LogP contribution in [-0.4, -0.2) is 33.5 Å². The summed E-state index contributed by atoms with van der Waals surface area (Å²) in [6, 6.07) is 7.96. The number of hydrogen-bond donors (Lipinski definition) is 1. The van der Waals surface area contributed by atoms with E-state index in [1.165, 1.54) is 11.1 Å². The van der Waals surface area contributed by atoms with Crippen LogP contribution in [0.5, 0.6) is 0 Å². The summed E-state index contributed by atoms with van der Waals surface area (Å²) in [5, 5.41) is 6.93. The van der Waals surface area contributed by atoms with E-state index in [0.717, 1.165) is 19.5 Å². The van der Waals surface area contributed by atoms with Gasteiger partial charge in [0.2, 0.25) is 11.8 Å². The number of carbonyl (C=O) groups excluding carboxylic acids is 1. The summed E-state index contributed by atoms with van der Waals surface area (Å²) in [5.41, 5.74) is 2.69. The van der Waals surface area contributed by atoms with Crippen LogP contribution in [0.15, 0.2) is 28.8 Å². The second kappa shape index (κ2) is 7.35. The van der Waals surface area contributed by atoms with Crippen molar-refractivity contribution in [1.82, 2.24) is 20.4 Å². The lowest BCUT2D eigenvalue weighted by atomic mass is 9.98. The monoisotopic (exact) mass is 342 g/mol. The third kappa shape index (κ3) is 3.90. The maximum absolute atomic E-state index is 12.8. The fourth-order valence-corrected chi connectivity index (χ4v) is 3.24. The lowest BCUT2D eigenvalue weighted by Gasteiger charge is -2.33. The molecule has 2 aromatic rings. The van der Waals surface area contributed by atoms with E-state index in [2.05, 4.69) is 44.6 Å². The van der Waals surface area contributed by atoms with E-state index in [-0.39, 0.29) is 23.9 Å². The van der Waals surface area contributed by atoms with Gasteiger partial charge < -0.3 is 9.84 Å². The molecule has 25 heavy (non-hydrogen) atoms. The lowest BCUT2D eigenvalue weighted by molar-refractivity contribution is -0.127. The molecule has 1 aliphatic rings. The molecule has 2 heterocycles. The van der Waals surface area contributed by atoms with Crippen molar-refractivity contribution in [3.05, 3.63) is 47.1 Å². The van der Waals surface area contributed by atoms with Crippen LogP contribution in [0.2, 0.25) is 0 Å². The average molecular weight is 342 g/mol. The Kier molecular flexibility index (Phi) is 5.18. The summed E-state index contributed by atoms with van der Waals surface area (Å²) < 4.78 is 5.27. The van der Waals surface area contributed by atoms with Gasteiger partial charge >= 0.3 is 0 Å². The molecule has 1 aromatic heterocycles. The Morgan fingerprint density at radius 2 is 1.96 bits per heavy atom. The number of nitrogens with one attached hydrogen (secondary N) is 1. The molecule has 0 fully saturated rings. The molecule has 2 atom stereocenters. The van der Waals surface area contributed by atoms with Crippen LogP contribution in [0.4, 0.5) is 0 Å². The molecule has 6 nitrogen and oxygen atoms in total. The van der Waals surface area contributed by atoms with E-state index in [0.29, 0.717) is 11.7 Å². The van der Waals surface area contributed by atoms with Crippen LogP contribution in [0.3, 0.4) is 0 Å².